The van der Waals surface area contributed by atoms with Gasteiger partial charge in [-0.15, -0.1) is 11.8 Å². The number of aromatic nitrogens is 2. The number of nitrogens with one attached hydrogen (secondary N) is 1. The molecule has 0 aliphatic rings. The number of Topliss-reactive ketones (excluding diaryl/α,β-unsaturated/α-hetero) is 1. The average molecular weight is 404 g/mol. The Morgan fingerprint density at radius 1 is 1.32 bits per heavy atom. The van der Waals surface area contributed by atoms with Gasteiger partial charge in [0.1, 0.15) is 11.4 Å². The van der Waals surface area contributed by atoms with Crippen LogP contribution >= 0.6 is 35.0 Å². The van der Waals surface area contributed by atoms with Crippen molar-refractivity contribution in [2.24, 2.45) is 0 Å². The van der Waals surface area contributed by atoms with Crippen molar-refractivity contribution >= 4 is 46.6 Å². The molecule has 0 bridgehead atoms. The summed E-state index contributed by atoms with van der Waals surface area (Å²) in [7, 11) is 1.46. The van der Waals surface area contributed by atoms with Crippen molar-refractivity contribution in [1.82, 2.24) is 9.55 Å². The highest BCUT2D eigenvalue weighted by molar-refractivity contribution is 8.00. The van der Waals surface area contributed by atoms with Crippen LogP contribution in [-0.4, -0.2) is 34.8 Å². The summed E-state index contributed by atoms with van der Waals surface area (Å²) in [4.78, 5) is 38.9. The largest absolute Gasteiger partial charge is 0.384 e. The second kappa shape index (κ2) is 8.57. The Hall–Kier alpha value is -1.74. The number of carbonyl (C=O) groups excluding carboxylic acids is 1. The summed E-state index contributed by atoms with van der Waals surface area (Å²) < 4.78 is 5.98. The number of nitrogens with two attached hydrogens (primary N) is 1. The number of halogens is 2. The molecule has 0 saturated carbocycles. The van der Waals surface area contributed by atoms with E-state index < -0.39 is 17.0 Å². The minimum absolute atomic E-state index is 0.112. The van der Waals surface area contributed by atoms with Gasteiger partial charge in [-0.25, -0.2) is 4.79 Å². The van der Waals surface area contributed by atoms with E-state index >= 15 is 0 Å². The van der Waals surface area contributed by atoms with E-state index in [1.54, 1.807) is 18.2 Å². The topological polar surface area (TPSA) is 107 Å². The Labute approximate surface area is 157 Å². The van der Waals surface area contributed by atoms with E-state index in [1.165, 1.54) is 7.11 Å². The summed E-state index contributed by atoms with van der Waals surface area (Å²) in [6.45, 7) is 0.315. The molecule has 25 heavy (non-hydrogen) atoms. The standard InChI is InChI=1S/C15H15Cl2N3O4S/c1-24-6-5-20-13(18)11(14(22)19-15(20)23)10(21)7-25-12-8(16)3-2-4-9(12)17/h2-4H,5-7,18H2,1H3,(H,19,22,23). The first-order valence-corrected chi connectivity index (χ1v) is 8.82. The molecule has 10 heteroatoms. The van der Waals surface area contributed by atoms with Crippen LogP contribution in [0.1, 0.15) is 10.4 Å². The van der Waals surface area contributed by atoms with Crippen LogP contribution in [-0.2, 0) is 11.3 Å². The van der Waals surface area contributed by atoms with Gasteiger partial charge in [0.2, 0.25) is 0 Å². The molecule has 0 fully saturated rings. The van der Waals surface area contributed by atoms with Crippen LogP contribution in [0.2, 0.25) is 10.0 Å². The lowest BCUT2D eigenvalue weighted by Crippen LogP contribution is -2.37. The molecule has 0 radical (unpaired) electrons. The third-order valence-electron chi connectivity index (χ3n) is 3.30. The van der Waals surface area contributed by atoms with E-state index in [-0.39, 0.29) is 30.3 Å². The summed E-state index contributed by atoms with van der Waals surface area (Å²) in [5.41, 5.74) is 4.07. The summed E-state index contributed by atoms with van der Waals surface area (Å²) >= 11 is 13.2. The van der Waals surface area contributed by atoms with E-state index in [0.29, 0.717) is 14.9 Å². The van der Waals surface area contributed by atoms with Gasteiger partial charge in [0.25, 0.3) is 5.56 Å². The second-order valence-corrected chi connectivity index (χ2v) is 6.73. The Morgan fingerprint density at radius 2 is 1.96 bits per heavy atom. The summed E-state index contributed by atoms with van der Waals surface area (Å²) in [6, 6.07) is 4.98. The molecular weight excluding hydrogens is 389 g/mol. The fraction of sp³-hybridized carbons (Fsp3) is 0.267. The molecule has 0 spiro atoms. The maximum absolute atomic E-state index is 12.5. The van der Waals surface area contributed by atoms with Crippen molar-refractivity contribution in [3.05, 3.63) is 54.6 Å². The minimum Gasteiger partial charge on any atom is -0.384 e. The summed E-state index contributed by atoms with van der Waals surface area (Å²) in [5.74, 6) is -0.841. The van der Waals surface area contributed by atoms with Gasteiger partial charge in [0.05, 0.1) is 28.9 Å². The summed E-state index contributed by atoms with van der Waals surface area (Å²) in [5, 5.41) is 0.800. The van der Waals surface area contributed by atoms with E-state index in [4.69, 9.17) is 33.7 Å². The molecule has 0 atom stereocenters. The van der Waals surface area contributed by atoms with Crippen molar-refractivity contribution < 1.29 is 9.53 Å². The number of ether oxygens (including phenoxy) is 1. The predicted molar refractivity (Wildman–Crippen MR) is 99.1 cm³/mol. The lowest BCUT2D eigenvalue weighted by atomic mass is 10.2. The first-order valence-electron chi connectivity index (χ1n) is 7.08. The van der Waals surface area contributed by atoms with Crippen LogP contribution in [0.4, 0.5) is 5.82 Å². The Kier molecular flexibility index (Phi) is 6.71. The molecular formula is C15H15Cl2N3O4S. The van der Waals surface area contributed by atoms with Crippen LogP contribution < -0.4 is 17.0 Å². The monoisotopic (exact) mass is 403 g/mol. The lowest BCUT2D eigenvalue weighted by molar-refractivity contribution is 0.102. The normalized spacial score (nSPS) is 10.8. The average Bonchev–Trinajstić information content (AvgIpc) is 2.54. The Balaban J connectivity index is 2.30. The molecule has 2 rings (SSSR count). The highest BCUT2D eigenvalue weighted by atomic mass is 35.5. The number of nitrogens with zero attached hydrogens (tertiary/aromatic N) is 1. The van der Waals surface area contributed by atoms with Crippen molar-refractivity contribution in [2.75, 3.05) is 25.2 Å². The van der Waals surface area contributed by atoms with Gasteiger partial charge in [0.15, 0.2) is 5.78 Å². The quantitative estimate of drug-likeness (QED) is 0.540. The molecule has 134 valence electrons. The fourth-order valence-electron chi connectivity index (χ4n) is 2.09. The number of hydrogen-bond acceptors (Lipinski definition) is 6. The third kappa shape index (κ3) is 4.46. The van der Waals surface area contributed by atoms with E-state index in [2.05, 4.69) is 4.98 Å². The van der Waals surface area contributed by atoms with Gasteiger partial charge < -0.3 is 10.5 Å². The smallest absolute Gasteiger partial charge is 0.330 e. The van der Waals surface area contributed by atoms with E-state index in [1.807, 2.05) is 0 Å². The minimum atomic E-state index is -0.827. The molecule has 0 amide bonds. The molecule has 7 nitrogen and oxygen atoms in total. The first kappa shape index (κ1) is 19.6. The number of anilines is 1. The molecule has 1 aromatic carbocycles. The molecule has 0 saturated heterocycles. The lowest BCUT2D eigenvalue weighted by Gasteiger charge is -2.12. The predicted octanol–water partition coefficient (Wildman–Crippen LogP) is 2.05. The molecule has 1 aromatic heterocycles. The van der Waals surface area contributed by atoms with Crippen LogP contribution in [0.5, 0.6) is 0 Å². The zero-order chi connectivity index (χ0) is 18.6. The molecule has 0 unspecified atom stereocenters. The zero-order valence-corrected chi connectivity index (χ0v) is 15.5. The number of hydrogen-bond donors (Lipinski definition) is 2. The second-order valence-electron chi connectivity index (χ2n) is 4.93. The SMILES string of the molecule is COCCn1c(N)c(C(=O)CSc2c(Cl)cccc2Cl)c(=O)[nH]c1=O. The van der Waals surface area contributed by atoms with Gasteiger partial charge in [-0.05, 0) is 12.1 Å². The molecule has 0 aliphatic heterocycles. The van der Waals surface area contributed by atoms with Gasteiger partial charge in [0, 0.05) is 12.0 Å². The first-order chi connectivity index (χ1) is 11.9. The van der Waals surface area contributed by atoms with Crippen molar-refractivity contribution in [1.29, 1.82) is 0 Å². The molecule has 1 heterocycles. The number of methoxy groups -OCH3 is 1. The molecule has 2 aromatic rings. The number of H-pyrrole nitrogens is 1. The van der Waals surface area contributed by atoms with Crippen molar-refractivity contribution in [3.8, 4) is 0 Å². The zero-order valence-electron chi connectivity index (χ0n) is 13.2. The van der Waals surface area contributed by atoms with Gasteiger partial charge in [-0.3, -0.25) is 19.1 Å². The molecule has 3 N–H and O–H groups in total. The van der Waals surface area contributed by atoms with E-state index in [0.717, 1.165) is 16.3 Å². The van der Waals surface area contributed by atoms with Crippen LogP contribution in [0, 0.1) is 0 Å². The van der Waals surface area contributed by atoms with Crippen molar-refractivity contribution in [3.63, 3.8) is 0 Å². The maximum Gasteiger partial charge on any atom is 0.330 e. The van der Waals surface area contributed by atoms with Gasteiger partial charge in [-0.2, -0.15) is 0 Å². The number of benzene rings is 1. The van der Waals surface area contributed by atoms with E-state index in [9.17, 15) is 14.4 Å². The number of aromatic amines is 1. The van der Waals surface area contributed by atoms with Crippen LogP contribution in [0.3, 0.4) is 0 Å². The number of nitrogen functional groups attached to an aromatic ring is 1. The number of carbonyl (C=O) groups is 1. The number of ketones is 1. The van der Waals surface area contributed by atoms with Crippen LogP contribution in [0.25, 0.3) is 0 Å². The van der Waals surface area contributed by atoms with Gasteiger partial charge >= 0.3 is 5.69 Å². The maximum atomic E-state index is 12.5. The Morgan fingerprint density at radius 3 is 2.56 bits per heavy atom. The van der Waals surface area contributed by atoms with Crippen molar-refractivity contribution in [2.45, 2.75) is 11.4 Å². The molecule has 0 aliphatic carbocycles. The number of thioether (sulfide) groups is 1. The Bertz CT molecular complexity index is 890. The van der Waals surface area contributed by atoms with Crippen LogP contribution in [0.15, 0.2) is 32.7 Å². The highest BCUT2D eigenvalue weighted by Gasteiger charge is 2.20. The number of rotatable bonds is 7. The summed E-state index contributed by atoms with van der Waals surface area (Å²) in [6.07, 6.45) is 0. The fourth-order valence-corrected chi connectivity index (χ4v) is 3.65. The highest BCUT2D eigenvalue weighted by Crippen LogP contribution is 2.34. The van der Waals surface area contributed by atoms with Gasteiger partial charge in [-0.1, -0.05) is 29.3 Å². The third-order valence-corrected chi connectivity index (χ3v) is 5.29.